The van der Waals surface area contributed by atoms with Crippen molar-refractivity contribution in [1.29, 1.82) is 0 Å². The molecule has 0 N–H and O–H groups in total. The summed E-state index contributed by atoms with van der Waals surface area (Å²) in [4.78, 5) is 13.2. The van der Waals surface area contributed by atoms with Gasteiger partial charge in [-0.2, -0.15) is 9.78 Å². The zero-order chi connectivity index (χ0) is 21.9. The van der Waals surface area contributed by atoms with Gasteiger partial charge in [-0.15, -0.1) is 0 Å². The Hall–Kier alpha value is -3.99. The Kier molecular flexibility index (Phi) is 5.38. The molecule has 5 rings (SSSR count). The van der Waals surface area contributed by atoms with Gasteiger partial charge in [0.25, 0.3) is 0 Å². The van der Waals surface area contributed by atoms with Gasteiger partial charge >= 0.3 is 5.56 Å². The third-order valence-electron chi connectivity index (χ3n) is 5.75. The average Bonchev–Trinajstić information content (AvgIpc) is 3.29. The van der Waals surface area contributed by atoms with E-state index in [1.807, 2.05) is 73.7 Å². The van der Waals surface area contributed by atoms with Crippen molar-refractivity contribution in [3.05, 3.63) is 124 Å². The molecule has 0 fully saturated rings. The molecule has 32 heavy (non-hydrogen) atoms. The van der Waals surface area contributed by atoms with Crippen molar-refractivity contribution in [2.75, 3.05) is 0 Å². The van der Waals surface area contributed by atoms with E-state index in [4.69, 9.17) is 4.52 Å². The molecule has 0 spiro atoms. The maximum atomic E-state index is 13.2. The molecule has 0 radical (unpaired) electrons. The lowest BCUT2D eigenvalue weighted by Crippen LogP contribution is -2.22. The average molecular weight is 422 g/mol. The SMILES string of the molecule is Cc1nn(-c2ccccc2)c(=O)c2noc(C(Cc3ccccc3)Cc3ccccc3)c12. The standard InChI is InChI=1S/C27H23N3O2/c1-19-24-25(27(31)30(28-19)23-15-9-4-10-16-23)29-32-26(24)22(17-20-11-5-2-6-12-20)18-21-13-7-3-8-14-21/h2-16,22H,17-18H2,1H3. The van der Waals surface area contributed by atoms with E-state index in [0.717, 1.165) is 29.7 Å². The van der Waals surface area contributed by atoms with Crippen LogP contribution in [0.1, 0.15) is 28.5 Å². The Morgan fingerprint density at radius 1 is 0.812 bits per heavy atom. The Morgan fingerprint density at radius 2 is 1.34 bits per heavy atom. The number of aryl methyl sites for hydroxylation is 1. The maximum absolute atomic E-state index is 13.2. The first-order valence-corrected chi connectivity index (χ1v) is 10.7. The molecule has 0 bridgehead atoms. The Bertz CT molecular complexity index is 1350. The second-order valence-corrected chi connectivity index (χ2v) is 7.98. The first-order valence-electron chi connectivity index (χ1n) is 10.7. The fraction of sp³-hybridized carbons (Fsp3) is 0.148. The Morgan fingerprint density at radius 3 is 1.91 bits per heavy atom. The Balaban J connectivity index is 1.62. The summed E-state index contributed by atoms with van der Waals surface area (Å²) in [6.07, 6.45) is 1.56. The van der Waals surface area contributed by atoms with Gasteiger partial charge in [-0.1, -0.05) is 84.0 Å². The van der Waals surface area contributed by atoms with E-state index in [0.29, 0.717) is 11.2 Å². The number of nitrogens with zero attached hydrogens (tertiary/aromatic N) is 3. The first-order chi connectivity index (χ1) is 15.7. The largest absolute Gasteiger partial charge is 0.360 e. The number of benzene rings is 3. The summed E-state index contributed by atoms with van der Waals surface area (Å²) in [5.74, 6) is 0.743. The second-order valence-electron chi connectivity index (χ2n) is 7.98. The van der Waals surface area contributed by atoms with Crippen LogP contribution in [0.25, 0.3) is 16.6 Å². The number of hydrogen-bond donors (Lipinski definition) is 0. The van der Waals surface area contributed by atoms with Crippen LogP contribution in [0.2, 0.25) is 0 Å². The van der Waals surface area contributed by atoms with E-state index in [1.54, 1.807) is 0 Å². The van der Waals surface area contributed by atoms with Gasteiger partial charge in [0.15, 0.2) is 5.52 Å². The molecule has 2 aromatic heterocycles. The molecule has 0 saturated heterocycles. The molecule has 0 unspecified atom stereocenters. The van der Waals surface area contributed by atoms with Crippen molar-refractivity contribution in [3.63, 3.8) is 0 Å². The van der Waals surface area contributed by atoms with Crippen LogP contribution in [-0.4, -0.2) is 14.9 Å². The van der Waals surface area contributed by atoms with Gasteiger partial charge in [0, 0.05) is 5.92 Å². The van der Waals surface area contributed by atoms with Crippen LogP contribution >= 0.6 is 0 Å². The van der Waals surface area contributed by atoms with Gasteiger partial charge < -0.3 is 4.52 Å². The van der Waals surface area contributed by atoms with E-state index < -0.39 is 0 Å². The summed E-state index contributed by atoms with van der Waals surface area (Å²) >= 11 is 0. The quantitative estimate of drug-likeness (QED) is 0.376. The molecule has 0 atom stereocenters. The molecule has 0 aliphatic heterocycles. The summed E-state index contributed by atoms with van der Waals surface area (Å²) in [7, 11) is 0. The summed E-state index contributed by atoms with van der Waals surface area (Å²) in [6.45, 7) is 1.91. The van der Waals surface area contributed by atoms with Crippen molar-refractivity contribution in [2.45, 2.75) is 25.7 Å². The fourth-order valence-corrected chi connectivity index (χ4v) is 4.22. The molecule has 5 heteroatoms. The smallest absolute Gasteiger partial charge is 0.301 e. The van der Waals surface area contributed by atoms with Crippen LogP contribution in [0.15, 0.2) is 100 Å². The fourth-order valence-electron chi connectivity index (χ4n) is 4.22. The highest BCUT2D eigenvalue weighted by molar-refractivity contribution is 5.82. The normalized spacial score (nSPS) is 11.3. The molecule has 2 heterocycles. The van der Waals surface area contributed by atoms with Crippen molar-refractivity contribution in [3.8, 4) is 5.69 Å². The van der Waals surface area contributed by atoms with E-state index in [1.165, 1.54) is 15.8 Å². The highest BCUT2D eigenvalue weighted by Crippen LogP contribution is 2.31. The summed E-state index contributed by atoms with van der Waals surface area (Å²) < 4.78 is 7.27. The number of rotatable bonds is 6. The predicted octanol–water partition coefficient (Wildman–Crippen LogP) is 5.25. The van der Waals surface area contributed by atoms with E-state index in [2.05, 4.69) is 34.5 Å². The maximum Gasteiger partial charge on any atom is 0.301 e. The highest BCUT2D eigenvalue weighted by Gasteiger charge is 2.25. The first kappa shape index (κ1) is 19.9. The molecule has 0 aliphatic carbocycles. The summed E-state index contributed by atoms with van der Waals surface area (Å²) in [5.41, 5.74) is 3.90. The zero-order valence-electron chi connectivity index (χ0n) is 17.8. The topological polar surface area (TPSA) is 60.9 Å². The van der Waals surface area contributed by atoms with Crippen LogP contribution in [0, 0.1) is 6.92 Å². The van der Waals surface area contributed by atoms with Crippen LogP contribution in [0.5, 0.6) is 0 Å². The molecule has 0 aliphatic rings. The van der Waals surface area contributed by atoms with Gasteiger partial charge in [0.05, 0.1) is 16.8 Å². The minimum absolute atomic E-state index is 0.0253. The van der Waals surface area contributed by atoms with E-state index >= 15 is 0 Å². The second kappa shape index (κ2) is 8.63. The van der Waals surface area contributed by atoms with Crippen molar-refractivity contribution in [2.24, 2.45) is 0 Å². The third kappa shape index (κ3) is 3.85. The molecular weight excluding hydrogens is 398 g/mol. The monoisotopic (exact) mass is 421 g/mol. The van der Waals surface area contributed by atoms with E-state index in [-0.39, 0.29) is 11.5 Å². The lowest BCUT2D eigenvalue weighted by atomic mass is 9.89. The van der Waals surface area contributed by atoms with Crippen LogP contribution < -0.4 is 5.56 Å². The van der Waals surface area contributed by atoms with Crippen molar-refractivity contribution >= 4 is 10.9 Å². The predicted molar refractivity (Wildman–Crippen MR) is 125 cm³/mol. The van der Waals surface area contributed by atoms with Crippen molar-refractivity contribution in [1.82, 2.24) is 14.9 Å². The van der Waals surface area contributed by atoms with Gasteiger partial charge in [-0.25, -0.2) is 0 Å². The van der Waals surface area contributed by atoms with Gasteiger partial charge in [0.1, 0.15) is 5.76 Å². The highest BCUT2D eigenvalue weighted by atomic mass is 16.5. The van der Waals surface area contributed by atoms with E-state index in [9.17, 15) is 4.79 Å². The molecule has 5 aromatic rings. The van der Waals surface area contributed by atoms with Crippen LogP contribution in [0.3, 0.4) is 0 Å². The molecule has 158 valence electrons. The van der Waals surface area contributed by atoms with Gasteiger partial charge in [0.2, 0.25) is 0 Å². The zero-order valence-corrected chi connectivity index (χ0v) is 17.8. The van der Waals surface area contributed by atoms with Gasteiger partial charge in [-0.05, 0) is 43.0 Å². The molecular formula is C27H23N3O2. The van der Waals surface area contributed by atoms with Crippen LogP contribution in [-0.2, 0) is 12.8 Å². The minimum Gasteiger partial charge on any atom is -0.360 e. The molecule has 3 aromatic carbocycles. The lowest BCUT2D eigenvalue weighted by molar-refractivity contribution is 0.364. The Labute approximate surface area is 185 Å². The summed E-state index contributed by atoms with van der Waals surface area (Å²) in [5, 5.41) is 9.55. The number of hydrogen-bond acceptors (Lipinski definition) is 4. The molecule has 0 saturated carbocycles. The number of aromatic nitrogens is 3. The number of fused-ring (bicyclic) bond motifs is 1. The third-order valence-corrected chi connectivity index (χ3v) is 5.75. The van der Waals surface area contributed by atoms with Crippen LogP contribution in [0.4, 0.5) is 0 Å². The van der Waals surface area contributed by atoms with Crippen molar-refractivity contribution < 1.29 is 4.52 Å². The lowest BCUT2D eigenvalue weighted by Gasteiger charge is -2.15. The molecule has 5 nitrogen and oxygen atoms in total. The minimum atomic E-state index is -0.273. The van der Waals surface area contributed by atoms with Gasteiger partial charge in [-0.3, -0.25) is 4.79 Å². The number of para-hydroxylation sites is 1. The molecule has 0 amide bonds. The summed E-state index contributed by atoms with van der Waals surface area (Å²) in [6, 6.07) is 30.0.